The Bertz CT molecular complexity index is 1060. The third kappa shape index (κ3) is 2.77. The van der Waals surface area contributed by atoms with Crippen molar-refractivity contribution in [2.75, 3.05) is 11.6 Å². The lowest BCUT2D eigenvalue weighted by Crippen LogP contribution is -2.11. The van der Waals surface area contributed by atoms with Gasteiger partial charge in [-0.1, -0.05) is 47.7 Å². The van der Waals surface area contributed by atoms with Gasteiger partial charge in [-0.15, -0.1) is 11.8 Å². The van der Waals surface area contributed by atoms with Crippen LogP contribution in [0.1, 0.15) is 10.4 Å². The van der Waals surface area contributed by atoms with Crippen LogP contribution in [0, 0.1) is 0 Å². The number of amides is 1. The van der Waals surface area contributed by atoms with E-state index in [-0.39, 0.29) is 5.91 Å². The van der Waals surface area contributed by atoms with Crippen molar-refractivity contribution in [3.8, 4) is 0 Å². The van der Waals surface area contributed by atoms with E-state index >= 15 is 0 Å². The summed E-state index contributed by atoms with van der Waals surface area (Å²) < 4.78 is 1.07. The fourth-order valence-electron chi connectivity index (χ4n) is 2.65. The molecule has 0 saturated heterocycles. The first-order chi connectivity index (χ1) is 11.7. The molecule has 0 saturated carbocycles. The van der Waals surface area contributed by atoms with Crippen molar-refractivity contribution in [1.29, 1.82) is 0 Å². The van der Waals surface area contributed by atoms with Gasteiger partial charge in [-0.2, -0.15) is 0 Å². The van der Waals surface area contributed by atoms with Crippen LogP contribution in [0.4, 0.5) is 5.13 Å². The highest BCUT2D eigenvalue weighted by Crippen LogP contribution is 2.32. The molecule has 0 unspecified atom stereocenters. The van der Waals surface area contributed by atoms with E-state index < -0.39 is 0 Å². The van der Waals surface area contributed by atoms with Gasteiger partial charge in [0.25, 0.3) is 5.91 Å². The molecule has 1 amide bonds. The molecule has 5 heteroatoms. The molecule has 1 heterocycles. The number of thioether (sulfide) groups is 1. The molecule has 0 spiro atoms. The summed E-state index contributed by atoms with van der Waals surface area (Å²) in [5.41, 5.74) is 1.58. The molecule has 0 radical (unpaired) electrons. The van der Waals surface area contributed by atoms with Crippen LogP contribution in [0.2, 0.25) is 0 Å². The monoisotopic (exact) mass is 350 g/mol. The molecule has 24 heavy (non-hydrogen) atoms. The van der Waals surface area contributed by atoms with E-state index in [9.17, 15) is 4.79 Å². The first-order valence-corrected chi connectivity index (χ1v) is 9.52. The van der Waals surface area contributed by atoms with Crippen LogP contribution in [0.25, 0.3) is 21.0 Å². The van der Waals surface area contributed by atoms with Crippen molar-refractivity contribution < 1.29 is 4.79 Å². The lowest BCUT2D eigenvalue weighted by Gasteiger charge is -2.03. The highest BCUT2D eigenvalue weighted by Gasteiger charge is 2.12. The maximum absolute atomic E-state index is 12.5. The zero-order valence-corrected chi connectivity index (χ0v) is 14.6. The van der Waals surface area contributed by atoms with E-state index in [0.29, 0.717) is 10.7 Å². The van der Waals surface area contributed by atoms with Gasteiger partial charge in [-0.3, -0.25) is 10.1 Å². The lowest BCUT2D eigenvalue weighted by molar-refractivity contribution is 0.102. The Morgan fingerprint density at radius 3 is 2.83 bits per heavy atom. The van der Waals surface area contributed by atoms with Crippen molar-refractivity contribution in [2.24, 2.45) is 0 Å². The van der Waals surface area contributed by atoms with Crippen LogP contribution in [0.15, 0.2) is 65.6 Å². The van der Waals surface area contributed by atoms with Gasteiger partial charge in [0.2, 0.25) is 0 Å². The van der Waals surface area contributed by atoms with Crippen LogP contribution in [-0.2, 0) is 0 Å². The standard InChI is InChI=1S/C19H14N2OS2/c1-23-14-7-4-6-13(11-14)18(22)21-19-20-17-15-8-3-2-5-12(15)9-10-16(17)24-19/h2-11H,1H3,(H,20,21,22). The smallest absolute Gasteiger partial charge is 0.257 e. The molecule has 0 fully saturated rings. The van der Waals surface area contributed by atoms with E-state index in [2.05, 4.69) is 34.6 Å². The maximum Gasteiger partial charge on any atom is 0.257 e. The number of rotatable bonds is 3. The highest BCUT2D eigenvalue weighted by molar-refractivity contribution is 7.98. The molecule has 0 aliphatic rings. The minimum Gasteiger partial charge on any atom is -0.298 e. The quantitative estimate of drug-likeness (QED) is 0.501. The zero-order chi connectivity index (χ0) is 16.5. The normalized spacial score (nSPS) is 11.0. The van der Waals surface area contributed by atoms with E-state index in [1.54, 1.807) is 11.8 Å². The summed E-state index contributed by atoms with van der Waals surface area (Å²) in [5.74, 6) is -0.130. The van der Waals surface area contributed by atoms with Crippen molar-refractivity contribution in [2.45, 2.75) is 4.90 Å². The average Bonchev–Trinajstić information content (AvgIpc) is 3.04. The first kappa shape index (κ1) is 15.2. The number of benzene rings is 3. The van der Waals surface area contributed by atoms with Crippen LogP contribution < -0.4 is 5.32 Å². The molecule has 4 aromatic rings. The fraction of sp³-hybridized carbons (Fsp3) is 0.0526. The Balaban J connectivity index is 1.69. The minimum atomic E-state index is -0.130. The minimum absolute atomic E-state index is 0.130. The van der Waals surface area contributed by atoms with E-state index in [4.69, 9.17) is 0 Å². The topological polar surface area (TPSA) is 42.0 Å². The number of carbonyl (C=O) groups excluding carboxylic acids is 1. The predicted octanol–water partition coefficient (Wildman–Crippen LogP) is 5.42. The predicted molar refractivity (Wildman–Crippen MR) is 103 cm³/mol. The maximum atomic E-state index is 12.5. The number of hydrogen-bond acceptors (Lipinski definition) is 4. The van der Waals surface area contributed by atoms with Gasteiger partial charge >= 0.3 is 0 Å². The second-order valence-electron chi connectivity index (χ2n) is 5.34. The van der Waals surface area contributed by atoms with Gasteiger partial charge in [0, 0.05) is 15.8 Å². The summed E-state index contributed by atoms with van der Waals surface area (Å²) in [6.45, 7) is 0. The number of carbonyl (C=O) groups is 1. The molecular formula is C19H14N2OS2. The van der Waals surface area contributed by atoms with Gasteiger partial charge in [-0.25, -0.2) is 4.98 Å². The number of aromatic nitrogens is 1. The van der Waals surface area contributed by atoms with Crippen molar-refractivity contribution >= 4 is 55.1 Å². The SMILES string of the molecule is CSc1cccc(C(=O)Nc2nc3c(ccc4ccccc43)s2)c1. The highest BCUT2D eigenvalue weighted by atomic mass is 32.2. The van der Waals surface area contributed by atoms with Crippen LogP contribution in [-0.4, -0.2) is 17.1 Å². The molecule has 1 aromatic heterocycles. The average molecular weight is 350 g/mol. The van der Waals surface area contributed by atoms with Crippen molar-refractivity contribution in [3.05, 3.63) is 66.2 Å². The Labute approximate surface area is 147 Å². The van der Waals surface area contributed by atoms with E-state index in [0.717, 1.165) is 25.9 Å². The summed E-state index contributed by atoms with van der Waals surface area (Å²) in [7, 11) is 0. The molecule has 4 rings (SSSR count). The Morgan fingerprint density at radius 1 is 1.08 bits per heavy atom. The van der Waals surface area contributed by atoms with Gasteiger partial charge in [0.05, 0.1) is 10.2 Å². The molecule has 3 nitrogen and oxygen atoms in total. The number of thiazole rings is 1. The summed E-state index contributed by atoms with van der Waals surface area (Å²) in [6, 6.07) is 19.9. The summed E-state index contributed by atoms with van der Waals surface area (Å²) in [4.78, 5) is 18.2. The van der Waals surface area contributed by atoms with Crippen molar-refractivity contribution in [1.82, 2.24) is 4.98 Å². The second-order valence-corrected chi connectivity index (χ2v) is 7.25. The third-order valence-electron chi connectivity index (χ3n) is 3.84. The summed E-state index contributed by atoms with van der Waals surface area (Å²) >= 11 is 3.12. The number of nitrogens with one attached hydrogen (secondary N) is 1. The van der Waals surface area contributed by atoms with Crippen LogP contribution in [0.3, 0.4) is 0 Å². The molecule has 3 aromatic carbocycles. The number of anilines is 1. The largest absolute Gasteiger partial charge is 0.298 e. The Kier molecular flexibility index (Phi) is 3.96. The number of nitrogens with zero attached hydrogens (tertiary/aromatic N) is 1. The molecule has 1 N–H and O–H groups in total. The molecule has 118 valence electrons. The summed E-state index contributed by atoms with van der Waals surface area (Å²) in [5, 5.41) is 5.81. The molecule has 0 aliphatic carbocycles. The number of hydrogen-bond donors (Lipinski definition) is 1. The van der Waals surface area contributed by atoms with Crippen LogP contribution >= 0.6 is 23.1 Å². The molecule has 0 atom stereocenters. The Hall–Kier alpha value is -2.37. The van der Waals surface area contributed by atoms with Gasteiger partial charge in [0.1, 0.15) is 0 Å². The molecule has 0 bridgehead atoms. The zero-order valence-electron chi connectivity index (χ0n) is 12.9. The number of fused-ring (bicyclic) bond motifs is 3. The molecule has 0 aliphatic heterocycles. The van der Waals surface area contributed by atoms with E-state index in [1.807, 2.05) is 42.7 Å². The van der Waals surface area contributed by atoms with Gasteiger partial charge < -0.3 is 0 Å². The second kappa shape index (κ2) is 6.26. The van der Waals surface area contributed by atoms with Crippen LogP contribution in [0.5, 0.6) is 0 Å². The van der Waals surface area contributed by atoms with E-state index in [1.165, 1.54) is 11.3 Å². The fourth-order valence-corrected chi connectivity index (χ4v) is 3.99. The Morgan fingerprint density at radius 2 is 1.96 bits per heavy atom. The summed E-state index contributed by atoms with van der Waals surface area (Å²) in [6.07, 6.45) is 2.00. The lowest BCUT2D eigenvalue weighted by atomic mass is 10.1. The molecular weight excluding hydrogens is 336 g/mol. The first-order valence-electron chi connectivity index (χ1n) is 7.48. The van der Waals surface area contributed by atoms with Gasteiger partial charge in [-0.05, 0) is 35.9 Å². The van der Waals surface area contributed by atoms with Crippen molar-refractivity contribution in [3.63, 3.8) is 0 Å². The third-order valence-corrected chi connectivity index (χ3v) is 5.50. The van der Waals surface area contributed by atoms with Gasteiger partial charge in [0.15, 0.2) is 5.13 Å².